The maximum atomic E-state index is 9.85. The molecule has 2 rings (SSSR count). The van der Waals surface area contributed by atoms with E-state index < -0.39 is 5.60 Å². The molecule has 2 aromatic rings. The second-order valence-corrected chi connectivity index (χ2v) is 4.74. The van der Waals surface area contributed by atoms with Gasteiger partial charge in [0.1, 0.15) is 17.5 Å². The summed E-state index contributed by atoms with van der Waals surface area (Å²) < 4.78 is 7.41. The average molecular weight is 235 g/mol. The predicted octanol–water partition coefficient (Wildman–Crippen LogP) is 1.58. The second-order valence-electron chi connectivity index (χ2n) is 4.74. The van der Waals surface area contributed by atoms with Crippen LogP contribution in [0, 0.1) is 6.92 Å². The summed E-state index contributed by atoms with van der Waals surface area (Å²) in [6.45, 7) is 7.13. The third-order valence-corrected chi connectivity index (χ3v) is 2.82. The Labute approximate surface area is 100 Å². The second kappa shape index (κ2) is 4.00. The molecule has 0 aliphatic rings. The summed E-state index contributed by atoms with van der Waals surface area (Å²) in [5.74, 6) is 0.651. The van der Waals surface area contributed by atoms with Crippen LogP contribution in [0.5, 0.6) is 5.75 Å². The molecule has 5 heteroatoms. The van der Waals surface area contributed by atoms with E-state index in [1.54, 1.807) is 30.8 Å². The first-order chi connectivity index (χ1) is 7.88. The van der Waals surface area contributed by atoms with Gasteiger partial charge in [-0.05, 0) is 27.7 Å². The summed E-state index contributed by atoms with van der Waals surface area (Å²) in [5.41, 5.74) is 0.605. The first-order valence-electron chi connectivity index (χ1n) is 5.58. The molecule has 1 atom stereocenters. The molecule has 0 spiro atoms. The Bertz CT molecular complexity index is 528. The predicted molar refractivity (Wildman–Crippen MR) is 64.1 cm³/mol. The molecular weight excluding hydrogens is 218 g/mol. The lowest BCUT2D eigenvalue weighted by Crippen LogP contribution is -2.38. The van der Waals surface area contributed by atoms with Gasteiger partial charge >= 0.3 is 0 Å². The summed E-state index contributed by atoms with van der Waals surface area (Å²) in [6.07, 6.45) is 3.15. The average Bonchev–Trinajstić information content (AvgIpc) is 2.63. The maximum absolute atomic E-state index is 9.85. The van der Waals surface area contributed by atoms with Gasteiger partial charge in [-0.3, -0.25) is 0 Å². The minimum Gasteiger partial charge on any atom is -0.486 e. The number of imidazole rings is 1. The van der Waals surface area contributed by atoms with Gasteiger partial charge in [0, 0.05) is 18.5 Å². The Hall–Kier alpha value is -1.62. The minimum absolute atomic E-state index is 0.319. The van der Waals surface area contributed by atoms with Crippen molar-refractivity contribution in [2.24, 2.45) is 0 Å². The summed E-state index contributed by atoms with van der Waals surface area (Å²) in [6, 6.07) is 1.82. The highest BCUT2D eigenvalue weighted by Gasteiger charge is 2.24. The molecule has 0 aliphatic carbocycles. The molecule has 1 N–H and O–H groups in total. The number of aliphatic hydroxyl groups is 1. The molecule has 0 aliphatic heterocycles. The van der Waals surface area contributed by atoms with Crippen LogP contribution in [-0.2, 0) is 0 Å². The molecule has 2 heterocycles. The number of hydrogen-bond donors (Lipinski definition) is 1. The summed E-state index contributed by atoms with van der Waals surface area (Å²) >= 11 is 0. The van der Waals surface area contributed by atoms with Gasteiger partial charge in [0.25, 0.3) is 0 Å². The van der Waals surface area contributed by atoms with Crippen molar-refractivity contribution in [3.8, 4) is 5.75 Å². The van der Waals surface area contributed by atoms with Crippen molar-refractivity contribution in [1.29, 1.82) is 0 Å². The van der Waals surface area contributed by atoms with Crippen molar-refractivity contribution in [1.82, 2.24) is 14.6 Å². The number of nitrogens with zero attached hydrogens (tertiary/aromatic N) is 3. The summed E-state index contributed by atoms with van der Waals surface area (Å²) in [7, 11) is 0. The van der Waals surface area contributed by atoms with Gasteiger partial charge in [0.05, 0.1) is 5.60 Å². The molecule has 2 aromatic heterocycles. The van der Waals surface area contributed by atoms with E-state index in [2.05, 4.69) is 10.1 Å². The number of aryl methyl sites for hydroxylation is 1. The van der Waals surface area contributed by atoms with E-state index in [1.807, 2.05) is 19.9 Å². The fraction of sp³-hybridized carbons (Fsp3) is 0.500. The van der Waals surface area contributed by atoms with Gasteiger partial charge in [0.2, 0.25) is 0 Å². The van der Waals surface area contributed by atoms with E-state index in [4.69, 9.17) is 4.74 Å². The fourth-order valence-electron chi connectivity index (χ4n) is 1.38. The standard InChI is InChI=1S/C12H17N3O2/c1-8-10(17-9(2)12(3,4)16)7-11-13-5-6-15(11)14-8/h5-7,9,16H,1-4H3. The van der Waals surface area contributed by atoms with Crippen molar-refractivity contribution in [3.63, 3.8) is 0 Å². The Morgan fingerprint density at radius 2 is 2.18 bits per heavy atom. The number of rotatable bonds is 3. The Balaban J connectivity index is 2.32. The van der Waals surface area contributed by atoms with Crippen LogP contribution in [0.15, 0.2) is 18.5 Å². The molecule has 0 amide bonds. The number of fused-ring (bicyclic) bond motifs is 1. The molecule has 0 radical (unpaired) electrons. The third-order valence-electron chi connectivity index (χ3n) is 2.82. The number of aromatic nitrogens is 3. The van der Waals surface area contributed by atoms with E-state index in [0.717, 1.165) is 11.3 Å². The fourth-order valence-corrected chi connectivity index (χ4v) is 1.38. The van der Waals surface area contributed by atoms with Gasteiger partial charge in [-0.25, -0.2) is 9.50 Å². The largest absolute Gasteiger partial charge is 0.486 e. The van der Waals surface area contributed by atoms with Gasteiger partial charge in [-0.15, -0.1) is 0 Å². The summed E-state index contributed by atoms with van der Waals surface area (Å²) in [5, 5.41) is 14.2. The molecule has 5 nitrogen and oxygen atoms in total. The Kier molecular flexibility index (Phi) is 2.79. The van der Waals surface area contributed by atoms with Crippen molar-refractivity contribution in [3.05, 3.63) is 24.2 Å². The molecule has 0 saturated carbocycles. The topological polar surface area (TPSA) is 59.7 Å². The van der Waals surface area contributed by atoms with Crippen molar-refractivity contribution >= 4 is 5.65 Å². The first kappa shape index (κ1) is 11.9. The minimum atomic E-state index is -0.895. The molecule has 17 heavy (non-hydrogen) atoms. The van der Waals surface area contributed by atoms with Crippen molar-refractivity contribution in [2.45, 2.75) is 39.4 Å². The van der Waals surface area contributed by atoms with Crippen LogP contribution in [-0.4, -0.2) is 31.4 Å². The SMILES string of the molecule is Cc1nn2ccnc2cc1OC(C)C(C)(C)O. The van der Waals surface area contributed by atoms with E-state index in [9.17, 15) is 5.11 Å². The molecule has 92 valence electrons. The summed E-state index contributed by atoms with van der Waals surface area (Å²) in [4.78, 5) is 4.15. The van der Waals surface area contributed by atoms with E-state index in [0.29, 0.717) is 5.75 Å². The van der Waals surface area contributed by atoms with Gasteiger partial charge in [-0.2, -0.15) is 5.10 Å². The molecule has 1 unspecified atom stereocenters. The van der Waals surface area contributed by atoms with Crippen molar-refractivity contribution < 1.29 is 9.84 Å². The van der Waals surface area contributed by atoms with Gasteiger partial charge in [-0.1, -0.05) is 0 Å². The molecule has 0 fully saturated rings. The highest BCUT2D eigenvalue weighted by Crippen LogP contribution is 2.22. The lowest BCUT2D eigenvalue weighted by molar-refractivity contribution is -0.0245. The zero-order valence-electron chi connectivity index (χ0n) is 10.5. The first-order valence-corrected chi connectivity index (χ1v) is 5.58. The van der Waals surface area contributed by atoms with Crippen LogP contribution in [0.2, 0.25) is 0 Å². The highest BCUT2D eigenvalue weighted by atomic mass is 16.5. The highest BCUT2D eigenvalue weighted by molar-refractivity contribution is 5.44. The van der Waals surface area contributed by atoms with E-state index >= 15 is 0 Å². The van der Waals surface area contributed by atoms with Crippen LogP contribution in [0.3, 0.4) is 0 Å². The normalized spacial score (nSPS) is 13.9. The molecule has 0 aromatic carbocycles. The lowest BCUT2D eigenvalue weighted by atomic mass is 10.0. The van der Waals surface area contributed by atoms with E-state index in [-0.39, 0.29) is 6.10 Å². The molecule has 0 saturated heterocycles. The van der Waals surface area contributed by atoms with Gasteiger partial charge in [0.15, 0.2) is 5.65 Å². The van der Waals surface area contributed by atoms with Gasteiger partial charge < -0.3 is 9.84 Å². The van der Waals surface area contributed by atoms with Crippen LogP contribution >= 0.6 is 0 Å². The lowest BCUT2D eigenvalue weighted by Gasteiger charge is -2.26. The zero-order valence-corrected chi connectivity index (χ0v) is 10.5. The molecule has 0 bridgehead atoms. The van der Waals surface area contributed by atoms with E-state index in [1.165, 1.54) is 0 Å². The monoisotopic (exact) mass is 235 g/mol. The van der Waals surface area contributed by atoms with Crippen molar-refractivity contribution in [2.75, 3.05) is 0 Å². The maximum Gasteiger partial charge on any atom is 0.157 e. The third kappa shape index (κ3) is 2.39. The molecular formula is C12H17N3O2. The number of hydrogen-bond acceptors (Lipinski definition) is 4. The Morgan fingerprint density at radius 3 is 2.82 bits per heavy atom. The van der Waals surface area contributed by atoms with Crippen LogP contribution < -0.4 is 4.74 Å². The quantitative estimate of drug-likeness (QED) is 0.877. The number of ether oxygens (including phenoxy) is 1. The Morgan fingerprint density at radius 1 is 1.47 bits per heavy atom. The van der Waals surface area contributed by atoms with Crippen LogP contribution in [0.4, 0.5) is 0 Å². The zero-order chi connectivity index (χ0) is 12.6. The van der Waals surface area contributed by atoms with Crippen LogP contribution in [0.25, 0.3) is 5.65 Å². The smallest absolute Gasteiger partial charge is 0.157 e. The van der Waals surface area contributed by atoms with Crippen LogP contribution in [0.1, 0.15) is 26.5 Å².